The van der Waals surface area contributed by atoms with Crippen LogP contribution >= 0.6 is 0 Å². The Morgan fingerprint density at radius 3 is 1.83 bits per heavy atom. The number of hydrogen-bond donors (Lipinski definition) is 0. The molecule has 0 aliphatic heterocycles. The van der Waals surface area contributed by atoms with Crippen molar-refractivity contribution in [3.05, 3.63) is 158 Å². The Balaban J connectivity index is 1.24. The third kappa shape index (κ3) is 4.39. The highest BCUT2D eigenvalue weighted by Gasteiger charge is 2.16. The van der Waals surface area contributed by atoms with E-state index >= 15 is 0 Å². The Hall–Kier alpha value is -6.26. The summed E-state index contributed by atoms with van der Waals surface area (Å²) in [5.74, 6) is 0. The van der Waals surface area contributed by atoms with Crippen molar-refractivity contribution in [1.82, 2.24) is 19.9 Å². The Morgan fingerprint density at radius 2 is 1.07 bits per heavy atom. The van der Waals surface area contributed by atoms with Gasteiger partial charge < -0.3 is 0 Å². The molecule has 4 aromatic heterocycles. The first kappa shape index (κ1) is 26.2. The Labute approximate surface area is 265 Å². The number of pyridine rings is 4. The standard InChI is InChI=1S/C42H26N4/c1-3-11-27(12-4-1)36-24-32(25-37(45-36)28-13-5-2-6-14-28)30-15-9-16-31(23-30)40-34-19-8-7-18-33(34)39-35-21-20-29-17-10-22-43-41(29)42(35)44-26-38(39)46-40/h1-26H. The lowest BCUT2D eigenvalue weighted by atomic mass is 9.95. The van der Waals surface area contributed by atoms with Crippen LogP contribution in [0.5, 0.6) is 0 Å². The summed E-state index contributed by atoms with van der Waals surface area (Å²) in [6.07, 6.45) is 3.72. The van der Waals surface area contributed by atoms with E-state index in [1.807, 2.05) is 30.6 Å². The zero-order valence-electron chi connectivity index (χ0n) is 24.8. The third-order valence-corrected chi connectivity index (χ3v) is 8.71. The van der Waals surface area contributed by atoms with E-state index in [1.165, 1.54) is 0 Å². The number of fused-ring (bicyclic) bond motifs is 7. The van der Waals surface area contributed by atoms with Gasteiger partial charge in [0.25, 0.3) is 0 Å². The molecule has 214 valence electrons. The molecule has 46 heavy (non-hydrogen) atoms. The SMILES string of the molecule is c1ccc(-c2cc(-c3cccc(-c4nc5cnc6c(ccc7cccnc76)c5c5ccccc45)c3)cc(-c3ccccc3)n2)cc1. The van der Waals surface area contributed by atoms with Gasteiger partial charge in [0.1, 0.15) is 0 Å². The van der Waals surface area contributed by atoms with E-state index in [2.05, 4.69) is 132 Å². The average Bonchev–Trinajstić information content (AvgIpc) is 3.14. The lowest BCUT2D eigenvalue weighted by molar-refractivity contribution is 1.32. The molecule has 0 unspecified atom stereocenters. The van der Waals surface area contributed by atoms with Crippen LogP contribution in [0.2, 0.25) is 0 Å². The monoisotopic (exact) mass is 586 g/mol. The average molecular weight is 587 g/mol. The summed E-state index contributed by atoms with van der Waals surface area (Å²) >= 11 is 0. The smallest absolute Gasteiger partial charge is 0.0972 e. The molecule has 0 N–H and O–H groups in total. The van der Waals surface area contributed by atoms with Crippen LogP contribution in [0.1, 0.15) is 0 Å². The zero-order chi connectivity index (χ0) is 30.5. The maximum absolute atomic E-state index is 5.27. The van der Waals surface area contributed by atoms with Crippen molar-refractivity contribution in [2.24, 2.45) is 0 Å². The normalized spacial score (nSPS) is 11.5. The number of hydrogen-bond acceptors (Lipinski definition) is 4. The van der Waals surface area contributed by atoms with Crippen LogP contribution in [0, 0.1) is 0 Å². The minimum Gasteiger partial charge on any atom is -0.254 e. The molecule has 0 fully saturated rings. The molecule has 9 aromatic rings. The van der Waals surface area contributed by atoms with E-state index in [0.717, 1.165) is 88.4 Å². The predicted molar refractivity (Wildman–Crippen MR) is 189 cm³/mol. The fraction of sp³-hybridized carbons (Fsp3) is 0. The molecule has 0 saturated heterocycles. The third-order valence-electron chi connectivity index (χ3n) is 8.71. The second-order valence-corrected chi connectivity index (χ2v) is 11.5. The minimum absolute atomic E-state index is 0.864. The fourth-order valence-corrected chi connectivity index (χ4v) is 6.52. The van der Waals surface area contributed by atoms with Gasteiger partial charge in [0.2, 0.25) is 0 Å². The van der Waals surface area contributed by atoms with Crippen molar-refractivity contribution >= 4 is 43.5 Å². The maximum atomic E-state index is 5.27. The van der Waals surface area contributed by atoms with Gasteiger partial charge in [-0.2, -0.15) is 0 Å². The molecule has 0 aliphatic carbocycles. The fourth-order valence-electron chi connectivity index (χ4n) is 6.52. The molecule has 0 aliphatic rings. The lowest BCUT2D eigenvalue weighted by Crippen LogP contribution is -1.94. The summed E-state index contributed by atoms with van der Waals surface area (Å²) in [6, 6.07) is 50.6. The van der Waals surface area contributed by atoms with Crippen molar-refractivity contribution in [1.29, 1.82) is 0 Å². The summed E-state index contributed by atoms with van der Waals surface area (Å²) in [4.78, 5) is 19.9. The lowest BCUT2D eigenvalue weighted by Gasteiger charge is -2.14. The Bertz CT molecular complexity index is 2520. The topological polar surface area (TPSA) is 51.6 Å². The molecule has 0 saturated carbocycles. The molecule has 9 rings (SSSR count). The summed E-state index contributed by atoms with van der Waals surface area (Å²) in [6.45, 7) is 0. The van der Waals surface area contributed by atoms with Crippen LogP contribution in [0.25, 0.3) is 88.4 Å². The first-order chi connectivity index (χ1) is 22.8. The van der Waals surface area contributed by atoms with Crippen LogP contribution in [0.4, 0.5) is 0 Å². The summed E-state index contributed by atoms with van der Waals surface area (Å²) in [5.41, 5.74) is 10.9. The van der Waals surface area contributed by atoms with Gasteiger partial charge in [0, 0.05) is 44.4 Å². The highest BCUT2D eigenvalue weighted by atomic mass is 14.8. The highest BCUT2D eigenvalue weighted by Crippen LogP contribution is 2.38. The molecule has 4 nitrogen and oxygen atoms in total. The molecule has 0 bridgehead atoms. The van der Waals surface area contributed by atoms with Crippen molar-refractivity contribution in [3.63, 3.8) is 0 Å². The minimum atomic E-state index is 0.864. The summed E-state index contributed by atoms with van der Waals surface area (Å²) in [5, 5.41) is 5.49. The first-order valence-electron chi connectivity index (χ1n) is 15.4. The molecule has 0 atom stereocenters. The summed E-state index contributed by atoms with van der Waals surface area (Å²) < 4.78 is 0. The molecule has 0 radical (unpaired) electrons. The number of aromatic nitrogens is 4. The Kier molecular flexibility index (Phi) is 6.10. The van der Waals surface area contributed by atoms with Crippen molar-refractivity contribution in [2.75, 3.05) is 0 Å². The molecule has 5 aromatic carbocycles. The van der Waals surface area contributed by atoms with Crippen LogP contribution in [-0.4, -0.2) is 19.9 Å². The molecular formula is C42H26N4. The van der Waals surface area contributed by atoms with E-state index in [-0.39, 0.29) is 0 Å². The van der Waals surface area contributed by atoms with Gasteiger partial charge >= 0.3 is 0 Å². The van der Waals surface area contributed by atoms with Crippen molar-refractivity contribution in [2.45, 2.75) is 0 Å². The molecule has 0 amide bonds. The van der Waals surface area contributed by atoms with E-state index in [0.29, 0.717) is 0 Å². The number of nitrogens with zero attached hydrogens (tertiary/aromatic N) is 4. The second kappa shape index (κ2) is 10.7. The predicted octanol–water partition coefficient (Wildman–Crippen LogP) is 10.5. The zero-order valence-corrected chi connectivity index (χ0v) is 24.8. The number of benzene rings is 5. The van der Waals surface area contributed by atoms with Gasteiger partial charge in [0.05, 0.1) is 39.8 Å². The van der Waals surface area contributed by atoms with Gasteiger partial charge in [0.15, 0.2) is 0 Å². The molecule has 0 spiro atoms. The highest BCUT2D eigenvalue weighted by molar-refractivity contribution is 6.23. The van der Waals surface area contributed by atoms with Gasteiger partial charge in [-0.1, -0.05) is 121 Å². The van der Waals surface area contributed by atoms with Gasteiger partial charge in [-0.3, -0.25) is 9.97 Å². The molecule has 4 heterocycles. The van der Waals surface area contributed by atoms with E-state index in [9.17, 15) is 0 Å². The number of rotatable bonds is 4. The largest absolute Gasteiger partial charge is 0.254 e. The molecule has 4 heteroatoms. The van der Waals surface area contributed by atoms with Crippen LogP contribution in [0.3, 0.4) is 0 Å². The van der Waals surface area contributed by atoms with E-state index in [1.54, 1.807) is 0 Å². The Morgan fingerprint density at radius 1 is 0.391 bits per heavy atom. The van der Waals surface area contributed by atoms with Gasteiger partial charge in [-0.15, -0.1) is 0 Å². The second-order valence-electron chi connectivity index (χ2n) is 11.5. The first-order valence-corrected chi connectivity index (χ1v) is 15.4. The van der Waals surface area contributed by atoms with Crippen molar-refractivity contribution < 1.29 is 0 Å². The van der Waals surface area contributed by atoms with E-state index < -0.39 is 0 Å². The van der Waals surface area contributed by atoms with Crippen LogP contribution in [-0.2, 0) is 0 Å². The van der Waals surface area contributed by atoms with E-state index in [4.69, 9.17) is 15.0 Å². The maximum Gasteiger partial charge on any atom is 0.0972 e. The van der Waals surface area contributed by atoms with Gasteiger partial charge in [-0.25, -0.2) is 9.97 Å². The van der Waals surface area contributed by atoms with Crippen LogP contribution < -0.4 is 0 Å². The van der Waals surface area contributed by atoms with Gasteiger partial charge in [-0.05, 0) is 40.8 Å². The summed E-state index contributed by atoms with van der Waals surface area (Å²) in [7, 11) is 0. The van der Waals surface area contributed by atoms with Crippen LogP contribution in [0.15, 0.2) is 158 Å². The van der Waals surface area contributed by atoms with Crippen molar-refractivity contribution in [3.8, 4) is 44.9 Å². The molecular weight excluding hydrogens is 560 g/mol. The quantitative estimate of drug-likeness (QED) is 0.193.